The number of morpholine rings is 1. The monoisotopic (exact) mass is 534 g/mol. The van der Waals surface area contributed by atoms with Gasteiger partial charge in [-0.15, -0.1) is 0 Å². The summed E-state index contributed by atoms with van der Waals surface area (Å²) in [6.07, 6.45) is 1.43. The number of likely N-dealkylation sites (tertiary alicyclic amines) is 1. The molecule has 1 unspecified atom stereocenters. The predicted octanol–water partition coefficient (Wildman–Crippen LogP) is 3.55. The quantitative estimate of drug-likeness (QED) is 0.352. The number of nitrogens with zero attached hydrogens (tertiary/aromatic N) is 2. The molecule has 0 radical (unpaired) electrons. The lowest BCUT2D eigenvalue weighted by Crippen LogP contribution is -2.51. The number of ether oxygens (including phenoxy) is 1. The van der Waals surface area contributed by atoms with Crippen molar-refractivity contribution in [1.29, 1.82) is 5.41 Å². The third-order valence-electron chi connectivity index (χ3n) is 7.79. The van der Waals surface area contributed by atoms with Crippen molar-refractivity contribution in [3.63, 3.8) is 0 Å². The number of amides is 2. The number of carboxylic acid groups (broad SMARTS) is 1. The zero-order valence-electron chi connectivity index (χ0n) is 22.7. The van der Waals surface area contributed by atoms with Crippen molar-refractivity contribution in [2.45, 2.75) is 39.2 Å². The van der Waals surface area contributed by atoms with Gasteiger partial charge in [0, 0.05) is 43.7 Å². The summed E-state index contributed by atoms with van der Waals surface area (Å²) in [5.74, 6) is -0.690. The lowest BCUT2D eigenvalue weighted by atomic mass is 9.78. The van der Waals surface area contributed by atoms with E-state index in [0.29, 0.717) is 63.6 Å². The van der Waals surface area contributed by atoms with E-state index in [-0.39, 0.29) is 24.2 Å². The van der Waals surface area contributed by atoms with Crippen LogP contribution in [0, 0.1) is 16.7 Å². The van der Waals surface area contributed by atoms with Crippen molar-refractivity contribution in [2.75, 3.05) is 39.4 Å². The standard InChI is InChI=1S/C30H38N4O5/c1-30(2,29(38)34-14-12-21(13-15-34)20-25(35)36)26(22-6-4-3-5-7-22)32-28(37)24-10-8-23(9-11-24)27(31)33-16-18-39-19-17-33/h3-11,21,26,31H,12-20H2,1-2H3,(H,32,37)(H,35,36). The van der Waals surface area contributed by atoms with Gasteiger partial charge in [0.25, 0.3) is 5.91 Å². The van der Waals surface area contributed by atoms with E-state index in [2.05, 4.69) is 5.32 Å². The van der Waals surface area contributed by atoms with Crippen LogP contribution in [-0.4, -0.2) is 77.9 Å². The Morgan fingerprint density at radius 3 is 2.13 bits per heavy atom. The molecule has 2 saturated heterocycles. The van der Waals surface area contributed by atoms with E-state index in [1.54, 1.807) is 29.2 Å². The Morgan fingerprint density at radius 2 is 1.54 bits per heavy atom. The zero-order valence-corrected chi connectivity index (χ0v) is 22.7. The van der Waals surface area contributed by atoms with Crippen LogP contribution in [0.2, 0.25) is 0 Å². The Balaban J connectivity index is 1.48. The Labute approximate surface area is 229 Å². The molecule has 39 heavy (non-hydrogen) atoms. The van der Waals surface area contributed by atoms with Gasteiger partial charge >= 0.3 is 5.97 Å². The molecule has 208 valence electrons. The van der Waals surface area contributed by atoms with Gasteiger partial charge in [0.05, 0.1) is 24.7 Å². The average Bonchev–Trinajstić information content (AvgIpc) is 2.96. The summed E-state index contributed by atoms with van der Waals surface area (Å²) in [6.45, 7) is 7.24. The van der Waals surface area contributed by atoms with Crippen LogP contribution in [0.15, 0.2) is 54.6 Å². The second-order valence-electron chi connectivity index (χ2n) is 10.9. The molecule has 1 atom stereocenters. The molecule has 0 aromatic heterocycles. The number of carboxylic acids is 1. The highest BCUT2D eigenvalue weighted by Gasteiger charge is 2.42. The summed E-state index contributed by atoms with van der Waals surface area (Å²) in [5.41, 5.74) is 1.06. The van der Waals surface area contributed by atoms with E-state index in [0.717, 1.165) is 11.1 Å². The lowest BCUT2D eigenvalue weighted by molar-refractivity contribution is -0.144. The van der Waals surface area contributed by atoms with Crippen LogP contribution in [0.4, 0.5) is 0 Å². The number of piperidine rings is 1. The number of carbonyl (C=O) groups is 3. The number of benzene rings is 2. The molecule has 3 N–H and O–H groups in total. The highest BCUT2D eigenvalue weighted by molar-refractivity contribution is 5.99. The molecule has 2 aromatic carbocycles. The smallest absolute Gasteiger partial charge is 0.303 e. The SMILES string of the molecule is CC(C)(C(=O)N1CCC(CC(=O)O)CC1)C(NC(=O)c1ccc(C(=N)N2CCOCC2)cc1)c1ccccc1. The van der Waals surface area contributed by atoms with Crippen LogP contribution in [0.25, 0.3) is 0 Å². The summed E-state index contributed by atoms with van der Waals surface area (Å²) in [6, 6.07) is 15.9. The molecule has 0 spiro atoms. The molecule has 2 aliphatic rings. The van der Waals surface area contributed by atoms with Gasteiger partial charge in [-0.25, -0.2) is 0 Å². The van der Waals surface area contributed by atoms with E-state index in [9.17, 15) is 14.4 Å². The molecule has 2 heterocycles. The lowest BCUT2D eigenvalue weighted by Gasteiger charge is -2.40. The fraction of sp³-hybridized carbons (Fsp3) is 0.467. The number of amidine groups is 1. The second-order valence-corrected chi connectivity index (χ2v) is 10.9. The summed E-state index contributed by atoms with van der Waals surface area (Å²) in [4.78, 5) is 42.1. The largest absolute Gasteiger partial charge is 0.481 e. The maximum Gasteiger partial charge on any atom is 0.303 e. The highest BCUT2D eigenvalue weighted by Crippen LogP contribution is 2.37. The molecule has 2 fully saturated rings. The van der Waals surface area contributed by atoms with Gasteiger partial charge in [0.1, 0.15) is 5.84 Å². The summed E-state index contributed by atoms with van der Waals surface area (Å²) >= 11 is 0. The van der Waals surface area contributed by atoms with E-state index < -0.39 is 17.4 Å². The maximum atomic E-state index is 13.8. The minimum absolute atomic E-state index is 0.0697. The minimum atomic E-state index is -0.949. The van der Waals surface area contributed by atoms with Crippen molar-refractivity contribution in [3.8, 4) is 0 Å². The van der Waals surface area contributed by atoms with Gasteiger partial charge in [-0.1, -0.05) is 42.5 Å². The van der Waals surface area contributed by atoms with Crippen molar-refractivity contribution in [1.82, 2.24) is 15.1 Å². The molecule has 2 aliphatic heterocycles. The van der Waals surface area contributed by atoms with Crippen LogP contribution >= 0.6 is 0 Å². The van der Waals surface area contributed by atoms with Crippen LogP contribution < -0.4 is 5.32 Å². The highest BCUT2D eigenvalue weighted by atomic mass is 16.5. The Kier molecular flexibility index (Phi) is 9.01. The summed E-state index contributed by atoms with van der Waals surface area (Å²) in [7, 11) is 0. The van der Waals surface area contributed by atoms with E-state index >= 15 is 0 Å². The third-order valence-corrected chi connectivity index (χ3v) is 7.79. The van der Waals surface area contributed by atoms with Gasteiger partial charge < -0.3 is 25.0 Å². The number of carbonyl (C=O) groups excluding carboxylic acids is 2. The maximum absolute atomic E-state index is 13.8. The Hall–Kier alpha value is -3.72. The summed E-state index contributed by atoms with van der Waals surface area (Å²) in [5, 5.41) is 20.7. The van der Waals surface area contributed by atoms with E-state index in [1.165, 1.54) is 0 Å². The van der Waals surface area contributed by atoms with Crippen LogP contribution in [0.1, 0.15) is 60.6 Å². The van der Waals surface area contributed by atoms with Crippen LogP contribution in [0.3, 0.4) is 0 Å². The fourth-order valence-electron chi connectivity index (χ4n) is 5.41. The first-order valence-electron chi connectivity index (χ1n) is 13.6. The number of hydrogen-bond donors (Lipinski definition) is 3. The van der Waals surface area contributed by atoms with Crippen LogP contribution in [-0.2, 0) is 14.3 Å². The molecule has 0 saturated carbocycles. The first-order valence-corrected chi connectivity index (χ1v) is 13.6. The number of rotatable bonds is 8. The normalized spacial score (nSPS) is 17.4. The zero-order chi connectivity index (χ0) is 28.0. The van der Waals surface area contributed by atoms with Crippen molar-refractivity contribution in [3.05, 3.63) is 71.3 Å². The van der Waals surface area contributed by atoms with Gasteiger partial charge in [-0.3, -0.25) is 19.8 Å². The molecule has 9 heteroatoms. The van der Waals surface area contributed by atoms with Crippen LogP contribution in [0.5, 0.6) is 0 Å². The predicted molar refractivity (Wildman–Crippen MR) is 148 cm³/mol. The van der Waals surface area contributed by atoms with Gasteiger partial charge in [-0.05, 0) is 50.3 Å². The first-order chi connectivity index (χ1) is 18.7. The fourth-order valence-corrected chi connectivity index (χ4v) is 5.41. The second kappa shape index (κ2) is 12.4. The molecule has 0 aliphatic carbocycles. The molecule has 2 amide bonds. The topological polar surface area (TPSA) is 123 Å². The van der Waals surface area contributed by atoms with Gasteiger partial charge in [0.15, 0.2) is 0 Å². The Morgan fingerprint density at radius 1 is 0.949 bits per heavy atom. The first kappa shape index (κ1) is 28.3. The molecule has 0 bridgehead atoms. The molecular formula is C30H38N4O5. The van der Waals surface area contributed by atoms with Gasteiger partial charge in [0.2, 0.25) is 5.91 Å². The van der Waals surface area contributed by atoms with Gasteiger partial charge in [-0.2, -0.15) is 0 Å². The number of nitrogens with one attached hydrogen (secondary N) is 2. The average molecular weight is 535 g/mol. The van der Waals surface area contributed by atoms with Crippen molar-refractivity contribution in [2.24, 2.45) is 11.3 Å². The summed E-state index contributed by atoms with van der Waals surface area (Å²) < 4.78 is 5.37. The van der Waals surface area contributed by atoms with E-state index in [1.807, 2.05) is 49.1 Å². The molecule has 4 rings (SSSR count). The van der Waals surface area contributed by atoms with E-state index in [4.69, 9.17) is 15.3 Å². The Bertz CT molecular complexity index is 1170. The van der Waals surface area contributed by atoms with Crippen molar-refractivity contribution >= 4 is 23.6 Å². The minimum Gasteiger partial charge on any atom is -0.481 e. The number of aliphatic carboxylic acids is 1. The molecule has 9 nitrogen and oxygen atoms in total. The molecule has 2 aromatic rings. The van der Waals surface area contributed by atoms with Crippen molar-refractivity contribution < 1.29 is 24.2 Å². The molecular weight excluding hydrogens is 496 g/mol. The number of hydrogen-bond acceptors (Lipinski definition) is 5. The third kappa shape index (κ3) is 6.84.